The molecule has 4 nitrogen and oxygen atoms in total. The average molecular weight is 128 g/mol. The van der Waals surface area contributed by atoms with Gasteiger partial charge in [-0.2, -0.15) is 0 Å². The van der Waals surface area contributed by atoms with E-state index in [1.165, 1.54) is 0 Å². The minimum absolute atomic E-state index is 0. The molecule has 7 heavy (non-hydrogen) atoms. The number of rotatable bonds is 0. The fourth-order valence-corrected chi connectivity index (χ4v) is 0. The fourth-order valence-electron chi connectivity index (χ4n) is 0. The molecule has 0 spiro atoms. The number of primary amides is 2. The number of carbonyl (C=O) groups excluding carboxylic acids is 2. The van der Waals surface area contributed by atoms with Crippen molar-refractivity contribution in [2.45, 2.75) is 0 Å². The van der Waals surface area contributed by atoms with Crippen molar-refractivity contribution >= 4 is 63.2 Å². The molecule has 0 saturated carbocycles. The van der Waals surface area contributed by atoms with Crippen LogP contribution in [0.15, 0.2) is 0 Å². The first-order valence-electron chi connectivity index (χ1n) is 1.24. The second-order valence-electron chi connectivity index (χ2n) is 0.729. The molecule has 36 valence electrons. The minimum atomic E-state index is -1.10. The molecule has 0 heterocycles. The second kappa shape index (κ2) is 4.73. The van der Waals surface area contributed by atoms with E-state index in [1.807, 2.05) is 0 Å². The Morgan fingerprint density at radius 3 is 1.14 bits per heavy atom. The van der Waals surface area contributed by atoms with Gasteiger partial charge in [0, 0.05) is 0 Å². The maximum absolute atomic E-state index is 9.45. The summed E-state index contributed by atoms with van der Waals surface area (Å²) in [7, 11) is 0. The maximum atomic E-state index is 9.45. The molecule has 0 fully saturated rings. The molecular weight excluding hydrogens is 123 g/mol. The van der Waals surface area contributed by atoms with E-state index in [2.05, 4.69) is 11.5 Å². The van der Waals surface area contributed by atoms with Crippen molar-refractivity contribution in [3.63, 3.8) is 0 Å². The zero-order valence-corrected chi connectivity index (χ0v) is 2.97. The van der Waals surface area contributed by atoms with E-state index >= 15 is 0 Å². The van der Waals surface area contributed by atoms with Gasteiger partial charge >= 0.3 is 63.2 Å². The van der Waals surface area contributed by atoms with Gasteiger partial charge in [0.05, 0.1) is 0 Å². The molecular formula is C2H5KN2O2. The predicted octanol–water partition coefficient (Wildman–Crippen LogP) is -2.69. The van der Waals surface area contributed by atoms with E-state index in [0.717, 1.165) is 0 Å². The van der Waals surface area contributed by atoms with Crippen LogP contribution < -0.4 is 11.5 Å². The molecule has 5 heteroatoms. The van der Waals surface area contributed by atoms with Crippen LogP contribution in [0.3, 0.4) is 0 Å². The van der Waals surface area contributed by atoms with E-state index < -0.39 is 11.8 Å². The van der Waals surface area contributed by atoms with Crippen molar-refractivity contribution in [1.29, 1.82) is 0 Å². The Morgan fingerprint density at radius 1 is 1.00 bits per heavy atom. The van der Waals surface area contributed by atoms with Gasteiger partial charge in [-0.1, -0.05) is 0 Å². The summed E-state index contributed by atoms with van der Waals surface area (Å²) in [6.45, 7) is 0. The Hall–Kier alpha value is 0.576. The van der Waals surface area contributed by atoms with E-state index in [-0.39, 0.29) is 51.4 Å². The van der Waals surface area contributed by atoms with Crippen LogP contribution in [0.1, 0.15) is 0 Å². The van der Waals surface area contributed by atoms with Gasteiger partial charge in [-0.25, -0.2) is 0 Å². The molecule has 0 unspecified atom stereocenters. The van der Waals surface area contributed by atoms with Crippen LogP contribution in [0.25, 0.3) is 0 Å². The number of hydrogen-bond donors (Lipinski definition) is 2. The Kier molecular flexibility index (Phi) is 7.12. The zero-order chi connectivity index (χ0) is 5.15. The van der Waals surface area contributed by atoms with Gasteiger partial charge in [0.15, 0.2) is 0 Å². The summed E-state index contributed by atoms with van der Waals surface area (Å²) in [5.74, 6) is -2.20. The summed E-state index contributed by atoms with van der Waals surface area (Å²) in [6.07, 6.45) is 0. The topological polar surface area (TPSA) is 86.2 Å². The standard InChI is InChI=1S/C2H4N2O2.K.H/c3-1(5)2(4)6;;/h(H2,3,5)(H2,4,6);;. The number of hydrogen-bond acceptors (Lipinski definition) is 2. The third-order valence-electron chi connectivity index (χ3n) is 0.243. The SMILES string of the molecule is NC(=O)C(N)=O.[KH]. The monoisotopic (exact) mass is 128 g/mol. The Balaban J connectivity index is 0. The van der Waals surface area contributed by atoms with Crippen LogP contribution in [0.5, 0.6) is 0 Å². The van der Waals surface area contributed by atoms with E-state index in [0.29, 0.717) is 0 Å². The van der Waals surface area contributed by atoms with Crippen molar-refractivity contribution in [2.24, 2.45) is 11.5 Å². The molecule has 0 atom stereocenters. The molecule has 0 aliphatic heterocycles. The van der Waals surface area contributed by atoms with Crippen LogP contribution in [0.2, 0.25) is 0 Å². The third-order valence-corrected chi connectivity index (χ3v) is 0.243. The van der Waals surface area contributed by atoms with Gasteiger partial charge in [0.25, 0.3) is 0 Å². The summed E-state index contributed by atoms with van der Waals surface area (Å²) in [4.78, 5) is 18.9. The van der Waals surface area contributed by atoms with Gasteiger partial charge in [-0.05, 0) is 0 Å². The van der Waals surface area contributed by atoms with Gasteiger partial charge in [0.2, 0.25) is 0 Å². The summed E-state index contributed by atoms with van der Waals surface area (Å²) >= 11 is 0. The average Bonchev–Trinajstić information content (AvgIpc) is 1.36. The molecule has 0 aromatic heterocycles. The van der Waals surface area contributed by atoms with Crippen LogP contribution in [0.4, 0.5) is 0 Å². The third kappa shape index (κ3) is 6.58. The van der Waals surface area contributed by atoms with Crippen LogP contribution >= 0.6 is 0 Å². The van der Waals surface area contributed by atoms with Gasteiger partial charge < -0.3 is 11.5 Å². The second-order valence-corrected chi connectivity index (χ2v) is 0.729. The van der Waals surface area contributed by atoms with Gasteiger partial charge in [-0.3, -0.25) is 9.59 Å². The van der Waals surface area contributed by atoms with Crippen molar-refractivity contribution in [1.82, 2.24) is 0 Å². The molecule has 0 aliphatic rings. The van der Waals surface area contributed by atoms with E-state index in [4.69, 9.17) is 0 Å². The summed E-state index contributed by atoms with van der Waals surface area (Å²) < 4.78 is 0. The van der Waals surface area contributed by atoms with Gasteiger partial charge in [0.1, 0.15) is 0 Å². The molecule has 0 bridgehead atoms. The van der Waals surface area contributed by atoms with E-state index in [1.54, 1.807) is 0 Å². The predicted molar refractivity (Wildman–Crippen MR) is 25.5 cm³/mol. The first-order chi connectivity index (χ1) is 2.64. The summed E-state index contributed by atoms with van der Waals surface area (Å²) in [5, 5.41) is 0. The first kappa shape index (κ1) is 10.5. The van der Waals surface area contributed by atoms with Crippen molar-refractivity contribution in [3.8, 4) is 0 Å². The molecule has 4 N–H and O–H groups in total. The van der Waals surface area contributed by atoms with Crippen LogP contribution in [0, 0.1) is 0 Å². The quantitative estimate of drug-likeness (QED) is 0.275. The number of carbonyl (C=O) groups is 2. The van der Waals surface area contributed by atoms with E-state index in [9.17, 15) is 9.59 Å². The Bertz CT molecular complexity index is 79.7. The zero-order valence-electron chi connectivity index (χ0n) is 2.97. The van der Waals surface area contributed by atoms with Gasteiger partial charge in [-0.15, -0.1) is 0 Å². The Morgan fingerprint density at radius 2 is 1.14 bits per heavy atom. The van der Waals surface area contributed by atoms with Crippen molar-refractivity contribution < 1.29 is 9.59 Å². The molecule has 2 amide bonds. The molecule has 0 saturated heterocycles. The number of nitrogens with two attached hydrogens (primary N) is 2. The summed E-state index contributed by atoms with van der Waals surface area (Å²) in [6, 6.07) is 0. The fraction of sp³-hybridized carbons (Fsp3) is 0. The molecule has 0 aromatic rings. The van der Waals surface area contributed by atoms with Crippen molar-refractivity contribution in [2.75, 3.05) is 0 Å². The molecule has 0 rings (SSSR count). The molecule has 0 radical (unpaired) electrons. The Labute approximate surface area is 83.0 Å². The van der Waals surface area contributed by atoms with Crippen molar-refractivity contribution in [3.05, 3.63) is 0 Å². The molecule has 0 aromatic carbocycles. The normalized spacial score (nSPS) is 6.29. The van der Waals surface area contributed by atoms with Crippen LogP contribution in [-0.4, -0.2) is 63.2 Å². The van der Waals surface area contributed by atoms with Crippen LogP contribution in [-0.2, 0) is 9.59 Å². The molecule has 0 aliphatic carbocycles. The summed E-state index contributed by atoms with van der Waals surface area (Å²) in [5.41, 5.74) is 8.64. The first-order valence-corrected chi connectivity index (χ1v) is 1.24. The number of amides is 2.